The molecule has 0 saturated carbocycles. The second-order valence-corrected chi connectivity index (χ2v) is 5.42. The predicted molar refractivity (Wildman–Crippen MR) is 80.0 cm³/mol. The summed E-state index contributed by atoms with van der Waals surface area (Å²) in [5.74, 6) is 0.103. The molecule has 3 nitrogen and oxygen atoms in total. The van der Waals surface area contributed by atoms with Gasteiger partial charge in [0, 0.05) is 5.69 Å². The number of nitrogens with zero attached hydrogens (tertiary/aromatic N) is 2. The number of hydrogen-bond donors (Lipinski definition) is 1. The fraction of sp³-hybridized carbons (Fsp3) is 0.294. The van der Waals surface area contributed by atoms with Gasteiger partial charge in [-0.15, -0.1) is 0 Å². The Hall–Kier alpha value is -2.41. The largest absolute Gasteiger partial charge is 0.337 e. The maximum Gasteiger partial charge on any atom is 0.148 e. The third kappa shape index (κ3) is 2.73. The zero-order chi connectivity index (χ0) is 14.8. The van der Waals surface area contributed by atoms with E-state index in [2.05, 4.69) is 16.4 Å². The molecule has 1 heterocycles. The minimum Gasteiger partial charge on any atom is -0.337 e. The van der Waals surface area contributed by atoms with Crippen LogP contribution in [0.5, 0.6) is 0 Å². The van der Waals surface area contributed by atoms with Crippen molar-refractivity contribution in [3.63, 3.8) is 0 Å². The average molecular weight is 281 g/mol. The first-order valence-electron chi connectivity index (χ1n) is 7.13. The summed E-state index contributed by atoms with van der Waals surface area (Å²) in [5, 5.41) is 12.3. The van der Waals surface area contributed by atoms with E-state index in [4.69, 9.17) is 0 Å². The van der Waals surface area contributed by atoms with Gasteiger partial charge in [0.15, 0.2) is 0 Å². The summed E-state index contributed by atoms with van der Waals surface area (Å²) in [7, 11) is 0. The standard InChI is InChI=1S/C17H16FN3/c1-11-6-7-14(18)16(8-11)21-17-13(10-19)9-12-4-2-3-5-15(12)20-17/h6-9H,2-5H2,1H3,(H,20,21). The molecule has 21 heavy (non-hydrogen) atoms. The summed E-state index contributed by atoms with van der Waals surface area (Å²) >= 11 is 0. The maximum atomic E-state index is 13.9. The monoisotopic (exact) mass is 281 g/mol. The van der Waals surface area contributed by atoms with E-state index in [1.54, 1.807) is 12.1 Å². The second kappa shape index (κ2) is 5.53. The minimum absolute atomic E-state index is 0.344. The van der Waals surface area contributed by atoms with Crippen molar-refractivity contribution in [1.82, 2.24) is 4.98 Å². The van der Waals surface area contributed by atoms with Crippen LogP contribution in [0.2, 0.25) is 0 Å². The van der Waals surface area contributed by atoms with Gasteiger partial charge in [0.1, 0.15) is 17.7 Å². The van der Waals surface area contributed by atoms with Gasteiger partial charge in [0.2, 0.25) is 0 Å². The molecule has 0 amide bonds. The number of pyridine rings is 1. The van der Waals surface area contributed by atoms with Crippen molar-refractivity contribution in [2.24, 2.45) is 0 Å². The molecule has 0 unspecified atom stereocenters. The van der Waals surface area contributed by atoms with Crippen molar-refractivity contribution < 1.29 is 4.39 Å². The van der Waals surface area contributed by atoms with Crippen LogP contribution in [0.15, 0.2) is 24.3 Å². The minimum atomic E-state index is -0.344. The van der Waals surface area contributed by atoms with Crippen molar-refractivity contribution in [2.75, 3.05) is 5.32 Å². The molecule has 0 aliphatic heterocycles. The number of rotatable bonds is 2. The molecule has 0 radical (unpaired) electrons. The van der Waals surface area contributed by atoms with Crippen LogP contribution in [0.25, 0.3) is 0 Å². The molecule has 0 fully saturated rings. The Bertz CT molecular complexity index is 732. The Labute approximate surface area is 123 Å². The zero-order valence-corrected chi connectivity index (χ0v) is 11.9. The van der Waals surface area contributed by atoms with Gasteiger partial charge < -0.3 is 5.32 Å². The van der Waals surface area contributed by atoms with Crippen LogP contribution in [0, 0.1) is 24.1 Å². The normalized spacial score (nSPS) is 13.4. The van der Waals surface area contributed by atoms with Gasteiger partial charge >= 0.3 is 0 Å². The number of aromatic nitrogens is 1. The molecule has 0 saturated heterocycles. The van der Waals surface area contributed by atoms with Crippen molar-refractivity contribution in [3.8, 4) is 6.07 Å². The van der Waals surface area contributed by atoms with E-state index < -0.39 is 0 Å². The lowest BCUT2D eigenvalue weighted by atomic mass is 9.95. The van der Waals surface area contributed by atoms with Gasteiger partial charge in [0.25, 0.3) is 0 Å². The van der Waals surface area contributed by atoms with Gasteiger partial charge in [0.05, 0.1) is 11.3 Å². The highest BCUT2D eigenvalue weighted by Gasteiger charge is 2.16. The Morgan fingerprint density at radius 1 is 1.24 bits per heavy atom. The highest BCUT2D eigenvalue weighted by atomic mass is 19.1. The fourth-order valence-corrected chi connectivity index (χ4v) is 2.68. The Morgan fingerprint density at radius 2 is 2.05 bits per heavy atom. The number of anilines is 2. The average Bonchev–Trinajstić information content (AvgIpc) is 2.50. The number of halogens is 1. The van der Waals surface area contributed by atoms with E-state index in [9.17, 15) is 9.65 Å². The molecule has 1 aliphatic rings. The van der Waals surface area contributed by atoms with Gasteiger partial charge in [-0.05, 0) is 61.9 Å². The molecular formula is C17H16FN3. The van der Waals surface area contributed by atoms with Gasteiger partial charge in [-0.3, -0.25) is 0 Å². The molecule has 2 aromatic rings. The molecule has 1 aromatic heterocycles. The first-order valence-corrected chi connectivity index (χ1v) is 7.13. The quantitative estimate of drug-likeness (QED) is 0.904. The SMILES string of the molecule is Cc1ccc(F)c(Nc2nc3c(cc2C#N)CCCC3)c1. The molecule has 1 N–H and O–H groups in total. The van der Waals surface area contributed by atoms with E-state index in [-0.39, 0.29) is 5.82 Å². The van der Waals surface area contributed by atoms with Crippen LogP contribution < -0.4 is 5.32 Å². The van der Waals surface area contributed by atoms with Crippen LogP contribution in [0.3, 0.4) is 0 Å². The molecule has 1 aliphatic carbocycles. The molecule has 0 bridgehead atoms. The lowest BCUT2D eigenvalue weighted by Crippen LogP contribution is -2.09. The summed E-state index contributed by atoms with van der Waals surface area (Å²) in [5.41, 5.74) is 3.95. The van der Waals surface area contributed by atoms with Crippen LogP contribution >= 0.6 is 0 Å². The van der Waals surface area contributed by atoms with Crippen molar-refractivity contribution in [3.05, 3.63) is 52.5 Å². The Balaban J connectivity index is 2.02. The number of benzene rings is 1. The van der Waals surface area contributed by atoms with E-state index in [0.29, 0.717) is 17.1 Å². The number of aryl methyl sites for hydroxylation is 3. The lowest BCUT2D eigenvalue weighted by molar-refractivity contribution is 0.631. The topological polar surface area (TPSA) is 48.7 Å². The van der Waals surface area contributed by atoms with Crippen molar-refractivity contribution in [2.45, 2.75) is 32.6 Å². The van der Waals surface area contributed by atoms with E-state index in [1.165, 1.54) is 6.07 Å². The molecule has 0 spiro atoms. The first kappa shape index (κ1) is 13.6. The molecule has 4 heteroatoms. The number of nitriles is 1. The summed E-state index contributed by atoms with van der Waals surface area (Å²) < 4.78 is 13.9. The summed E-state index contributed by atoms with van der Waals surface area (Å²) in [4.78, 5) is 4.55. The van der Waals surface area contributed by atoms with Crippen LogP contribution in [0.1, 0.15) is 35.2 Å². The Morgan fingerprint density at radius 3 is 2.86 bits per heavy atom. The van der Waals surface area contributed by atoms with E-state index in [0.717, 1.165) is 42.5 Å². The summed E-state index contributed by atoms with van der Waals surface area (Å²) in [6, 6.07) is 8.89. The van der Waals surface area contributed by atoms with Gasteiger partial charge in [-0.1, -0.05) is 6.07 Å². The third-order valence-electron chi connectivity index (χ3n) is 3.80. The predicted octanol–water partition coefficient (Wildman–Crippen LogP) is 4.02. The highest BCUT2D eigenvalue weighted by Crippen LogP contribution is 2.27. The molecule has 106 valence electrons. The summed E-state index contributed by atoms with van der Waals surface area (Å²) in [6.45, 7) is 1.90. The number of hydrogen-bond acceptors (Lipinski definition) is 3. The maximum absolute atomic E-state index is 13.9. The summed E-state index contributed by atoms with van der Waals surface area (Å²) in [6.07, 6.45) is 4.14. The van der Waals surface area contributed by atoms with Crippen LogP contribution in [-0.4, -0.2) is 4.98 Å². The van der Waals surface area contributed by atoms with E-state index >= 15 is 0 Å². The molecule has 1 aromatic carbocycles. The first-order chi connectivity index (χ1) is 10.2. The second-order valence-electron chi connectivity index (χ2n) is 5.42. The van der Waals surface area contributed by atoms with Crippen LogP contribution in [0.4, 0.5) is 15.9 Å². The highest BCUT2D eigenvalue weighted by molar-refractivity contribution is 5.64. The number of nitrogens with one attached hydrogen (secondary N) is 1. The fourth-order valence-electron chi connectivity index (χ4n) is 2.68. The smallest absolute Gasteiger partial charge is 0.148 e. The van der Waals surface area contributed by atoms with E-state index in [1.807, 2.05) is 13.0 Å². The molecular weight excluding hydrogens is 265 g/mol. The van der Waals surface area contributed by atoms with Gasteiger partial charge in [-0.2, -0.15) is 5.26 Å². The Kier molecular flexibility index (Phi) is 3.57. The zero-order valence-electron chi connectivity index (χ0n) is 11.9. The third-order valence-corrected chi connectivity index (χ3v) is 3.80. The lowest BCUT2D eigenvalue weighted by Gasteiger charge is -2.17. The van der Waals surface area contributed by atoms with Crippen LogP contribution in [-0.2, 0) is 12.8 Å². The molecule has 0 atom stereocenters. The van der Waals surface area contributed by atoms with Crippen molar-refractivity contribution >= 4 is 11.5 Å². The van der Waals surface area contributed by atoms with Crippen molar-refractivity contribution in [1.29, 1.82) is 5.26 Å². The number of fused-ring (bicyclic) bond motifs is 1. The van der Waals surface area contributed by atoms with Gasteiger partial charge in [-0.25, -0.2) is 9.37 Å². The molecule has 3 rings (SSSR count).